The molecule has 26 heavy (non-hydrogen) atoms. The third kappa shape index (κ3) is 5.79. The van der Waals surface area contributed by atoms with Crippen molar-refractivity contribution in [1.29, 1.82) is 0 Å². The van der Waals surface area contributed by atoms with E-state index in [-0.39, 0.29) is 27.9 Å². The molecule has 138 valence electrons. The molecule has 2 rings (SSSR count). The third-order valence-electron chi connectivity index (χ3n) is 2.87. The van der Waals surface area contributed by atoms with Gasteiger partial charge in [0.1, 0.15) is 17.1 Å². The Hall–Kier alpha value is -2.51. The van der Waals surface area contributed by atoms with Crippen LogP contribution >= 0.6 is 23.2 Å². The molecule has 7 nitrogen and oxygen atoms in total. The first kappa shape index (κ1) is 19.8. The number of hydrogen-bond donors (Lipinski definition) is 1. The molecule has 0 bridgehead atoms. The standard InChI is InChI=1S/C17H16Cl2N2O5/c1-17(2,3)26-16(22)20-11-7-12(21(23)24)9-13(8-11)25-15-5-4-10(18)6-14(15)19/h4-9H,1-3H3,(H,20,22). The Morgan fingerprint density at radius 2 is 1.85 bits per heavy atom. The fraction of sp³-hybridized carbons (Fsp3) is 0.235. The van der Waals surface area contributed by atoms with Crippen LogP contribution in [0.15, 0.2) is 36.4 Å². The number of amides is 1. The smallest absolute Gasteiger partial charge is 0.412 e. The average Bonchev–Trinajstić information content (AvgIpc) is 2.47. The predicted molar refractivity (Wildman–Crippen MR) is 99.5 cm³/mol. The molecule has 0 unspecified atom stereocenters. The number of benzene rings is 2. The second-order valence-electron chi connectivity index (χ2n) is 6.28. The van der Waals surface area contributed by atoms with Crippen LogP contribution in [0, 0.1) is 10.1 Å². The fourth-order valence-electron chi connectivity index (χ4n) is 1.93. The van der Waals surface area contributed by atoms with Gasteiger partial charge in [0.15, 0.2) is 0 Å². The minimum atomic E-state index is -0.742. The van der Waals surface area contributed by atoms with E-state index in [0.29, 0.717) is 5.02 Å². The van der Waals surface area contributed by atoms with Crippen molar-refractivity contribution < 1.29 is 19.2 Å². The number of nitro benzene ring substituents is 1. The molecule has 0 saturated carbocycles. The van der Waals surface area contributed by atoms with E-state index >= 15 is 0 Å². The van der Waals surface area contributed by atoms with Crippen molar-refractivity contribution in [2.75, 3.05) is 5.32 Å². The molecule has 0 fully saturated rings. The van der Waals surface area contributed by atoms with Crippen LogP contribution in [0.2, 0.25) is 10.0 Å². The van der Waals surface area contributed by atoms with Crippen LogP contribution in [0.3, 0.4) is 0 Å². The molecule has 0 saturated heterocycles. The SMILES string of the molecule is CC(C)(C)OC(=O)Nc1cc(Oc2ccc(Cl)cc2Cl)cc([N+](=O)[O-])c1. The molecule has 0 aliphatic rings. The highest BCUT2D eigenvalue weighted by Gasteiger charge is 2.18. The number of nitrogens with one attached hydrogen (secondary N) is 1. The summed E-state index contributed by atoms with van der Waals surface area (Å²) in [4.78, 5) is 22.4. The van der Waals surface area contributed by atoms with Gasteiger partial charge in [-0.1, -0.05) is 23.2 Å². The molecule has 0 aliphatic heterocycles. The van der Waals surface area contributed by atoms with Crippen LogP contribution < -0.4 is 10.1 Å². The number of non-ortho nitro benzene ring substituents is 1. The molecule has 0 aliphatic carbocycles. The van der Waals surface area contributed by atoms with Crippen LogP contribution in [-0.2, 0) is 4.74 Å². The summed E-state index contributed by atoms with van der Waals surface area (Å²) < 4.78 is 10.7. The molecule has 2 aromatic rings. The minimum absolute atomic E-state index is 0.120. The van der Waals surface area contributed by atoms with Gasteiger partial charge >= 0.3 is 6.09 Å². The van der Waals surface area contributed by atoms with Crippen molar-refractivity contribution >= 4 is 40.7 Å². The first-order chi connectivity index (χ1) is 12.0. The third-order valence-corrected chi connectivity index (χ3v) is 3.40. The summed E-state index contributed by atoms with van der Waals surface area (Å²) in [5.74, 6) is 0.384. The van der Waals surface area contributed by atoms with Crippen molar-refractivity contribution in [2.24, 2.45) is 0 Å². The number of nitro groups is 1. The van der Waals surface area contributed by atoms with E-state index in [2.05, 4.69) is 5.32 Å². The van der Waals surface area contributed by atoms with E-state index in [1.165, 1.54) is 30.3 Å². The lowest BCUT2D eigenvalue weighted by molar-refractivity contribution is -0.384. The van der Waals surface area contributed by atoms with E-state index in [1.54, 1.807) is 26.8 Å². The number of carbonyl (C=O) groups is 1. The van der Waals surface area contributed by atoms with Gasteiger partial charge in [0.25, 0.3) is 5.69 Å². The molecule has 0 spiro atoms. The first-order valence-corrected chi connectivity index (χ1v) is 8.21. The van der Waals surface area contributed by atoms with Gasteiger partial charge in [-0.25, -0.2) is 4.79 Å². The molecule has 1 N–H and O–H groups in total. The van der Waals surface area contributed by atoms with Gasteiger partial charge in [-0.2, -0.15) is 0 Å². The van der Waals surface area contributed by atoms with Crippen LogP contribution in [0.1, 0.15) is 20.8 Å². The Kier molecular flexibility index (Phi) is 5.94. The Morgan fingerprint density at radius 3 is 2.42 bits per heavy atom. The van der Waals surface area contributed by atoms with Crippen LogP contribution in [0.4, 0.5) is 16.2 Å². The van der Waals surface area contributed by atoms with Crippen LogP contribution in [-0.4, -0.2) is 16.6 Å². The molecule has 0 radical (unpaired) electrons. The summed E-state index contributed by atoms with van der Waals surface area (Å²) in [5.41, 5.74) is -0.826. The number of carbonyl (C=O) groups excluding carboxylic acids is 1. The van der Waals surface area contributed by atoms with E-state index in [9.17, 15) is 14.9 Å². The maximum atomic E-state index is 11.9. The number of hydrogen-bond acceptors (Lipinski definition) is 5. The van der Waals surface area contributed by atoms with E-state index in [4.69, 9.17) is 32.7 Å². The van der Waals surface area contributed by atoms with Crippen molar-refractivity contribution in [3.63, 3.8) is 0 Å². The Bertz CT molecular complexity index is 850. The molecule has 0 atom stereocenters. The lowest BCUT2D eigenvalue weighted by atomic mass is 10.2. The maximum absolute atomic E-state index is 11.9. The van der Waals surface area contributed by atoms with E-state index < -0.39 is 16.6 Å². The Labute approximate surface area is 160 Å². The maximum Gasteiger partial charge on any atom is 0.412 e. The van der Waals surface area contributed by atoms with E-state index in [1.807, 2.05) is 0 Å². The monoisotopic (exact) mass is 398 g/mol. The van der Waals surface area contributed by atoms with Gasteiger partial charge in [-0.15, -0.1) is 0 Å². The van der Waals surface area contributed by atoms with Gasteiger partial charge in [0, 0.05) is 17.2 Å². The zero-order valence-electron chi connectivity index (χ0n) is 14.2. The molecule has 0 heterocycles. The average molecular weight is 399 g/mol. The number of rotatable bonds is 4. The van der Waals surface area contributed by atoms with Gasteiger partial charge in [0.2, 0.25) is 0 Å². The Morgan fingerprint density at radius 1 is 1.15 bits per heavy atom. The first-order valence-electron chi connectivity index (χ1n) is 7.46. The summed E-state index contributed by atoms with van der Waals surface area (Å²) in [6.07, 6.45) is -0.742. The molecule has 2 aromatic carbocycles. The zero-order chi connectivity index (χ0) is 19.5. The molecular formula is C17H16Cl2N2O5. The van der Waals surface area contributed by atoms with Gasteiger partial charge in [0.05, 0.1) is 21.7 Å². The summed E-state index contributed by atoms with van der Waals surface area (Å²) >= 11 is 11.9. The summed E-state index contributed by atoms with van der Waals surface area (Å²) in [6, 6.07) is 8.41. The highest BCUT2D eigenvalue weighted by atomic mass is 35.5. The van der Waals surface area contributed by atoms with Crippen molar-refractivity contribution in [1.82, 2.24) is 0 Å². The minimum Gasteiger partial charge on any atom is -0.455 e. The summed E-state index contributed by atoms with van der Waals surface area (Å²) in [7, 11) is 0. The van der Waals surface area contributed by atoms with Crippen molar-refractivity contribution in [2.45, 2.75) is 26.4 Å². The Balaban J connectivity index is 2.30. The van der Waals surface area contributed by atoms with Gasteiger partial charge < -0.3 is 9.47 Å². The normalized spacial score (nSPS) is 11.0. The highest BCUT2D eigenvalue weighted by Crippen LogP contribution is 2.34. The lowest BCUT2D eigenvalue weighted by Crippen LogP contribution is -2.27. The van der Waals surface area contributed by atoms with E-state index in [0.717, 1.165) is 0 Å². The largest absolute Gasteiger partial charge is 0.455 e. The summed E-state index contributed by atoms with van der Waals surface area (Å²) in [6.45, 7) is 5.12. The molecule has 9 heteroatoms. The molecular weight excluding hydrogens is 383 g/mol. The zero-order valence-corrected chi connectivity index (χ0v) is 15.7. The number of anilines is 1. The summed E-state index contributed by atoms with van der Waals surface area (Å²) in [5, 5.41) is 14.3. The molecule has 1 amide bonds. The number of nitrogens with zero attached hydrogens (tertiary/aromatic N) is 1. The topological polar surface area (TPSA) is 90.7 Å². The quantitative estimate of drug-likeness (QED) is 0.500. The van der Waals surface area contributed by atoms with Crippen molar-refractivity contribution in [3.8, 4) is 11.5 Å². The number of ether oxygens (including phenoxy) is 2. The van der Waals surface area contributed by atoms with Gasteiger partial charge in [-0.05, 0) is 39.0 Å². The highest BCUT2D eigenvalue weighted by molar-refractivity contribution is 6.35. The second-order valence-corrected chi connectivity index (χ2v) is 7.12. The van der Waals surface area contributed by atoms with Crippen LogP contribution in [0.25, 0.3) is 0 Å². The van der Waals surface area contributed by atoms with Crippen molar-refractivity contribution in [3.05, 3.63) is 56.6 Å². The van der Waals surface area contributed by atoms with Gasteiger partial charge in [-0.3, -0.25) is 15.4 Å². The predicted octanol–water partition coefficient (Wildman–Crippen LogP) is 6.04. The fourth-order valence-corrected chi connectivity index (χ4v) is 2.37. The van der Waals surface area contributed by atoms with Crippen LogP contribution in [0.5, 0.6) is 11.5 Å². The molecule has 0 aromatic heterocycles. The second kappa shape index (κ2) is 7.80. The number of halogens is 2. The lowest BCUT2D eigenvalue weighted by Gasteiger charge is -2.19.